The number of methoxy groups -OCH3 is 4. The number of carbonyl (C=O) groups excluding carboxylic acids is 1. The molecule has 0 atom stereocenters. The zero-order valence-corrected chi connectivity index (χ0v) is 16.2. The van der Waals surface area contributed by atoms with Crippen molar-refractivity contribution in [1.29, 1.82) is 0 Å². The van der Waals surface area contributed by atoms with Crippen molar-refractivity contribution in [3.63, 3.8) is 0 Å². The lowest BCUT2D eigenvalue weighted by Gasteiger charge is -2.16. The van der Waals surface area contributed by atoms with E-state index in [2.05, 4.69) is 5.32 Å². The molecule has 0 aliphatic rings. The summed E-state index contributed by atoms with van der Waals surface area (Å²) in [5.41, 5.74) is 2.07. The average molecular weight is 380 g/mol. The zero-order valence-electron chi connectivity index (χ0n) is 15.4. The van der Waals surface area contributed by atoms with Crippen LogP contribution in [0.5, 0.6) is 23.0 Å². The molecule has 1 amide bonds. The lowest BCUT2D eigenvalue weighted by Crippen LogP contribution is -2.16. The van der Waals surface area contributed by atoms with Gasteiger partial charge < -0.3 is 24.3 Å². The standard InChI is InChI=1S/C19H22ClNO5/c1-11-8-14(16(24-3)10-13(11)20)21-17(22)9-12-6-7-15(23-2)19(26-5)18(12)25-4/h6-8,10H,9H2,1-5H3,(H,21,22). The lowest BCUT2D eigenvalue weighted by molar-refractivity contribution is -0.115. The van der Waals surface area contributed by atoms with Crippen LogP contribution in [-0.4, -0.2) is 34.3 Å². The van der Waals surface area contributed by atoms with Gasteiger partial charge in [0.2, 0.25) is 11.7 Å². The summed E-state index contributed by atoms with van der Waals surface area (Å²) in [5.74, 6) is 1.70. The first-order valence-electron chi connectivity index (χ1n) is 7.87. The number of hydrogen-bond acceptors (Lipinski definition) is 5. The highest BCUT2D eigenvalue weighted by Crippen LogP contribution is 2.40. The minimum Gasteiger partial charge on any atom is -0.495 e. The Bertz CT molecular complexity index is 807. The van der Waals surface area contributed by atoms with Gasteiger partial charge in [-0.25, -0.2) is 0 Å². The highest BCUT2D eigenvalue weighted by atomic mass is 35.5. The Morgan fingerprint density at radius 2 is 1.62 bits per heavy atom. The summed E-state index contributed by atoms with van der Waals surface area (Å²) >= 11 is 6.10. The molecule has 0 aliphatic carbocycles. The summed E-state index contributed by atoms with van der Waals surface area (Å²) in [6, 6.07) is 6.94. The minimum atomic E-state index is -0.226. The molecule has 0 unspecified atom stereocenters. The third-order valence-corrected chi connectivity index (χ3v) is 4.30. The van der Waals surface area contributed by atoms with E-state index >= 15 is 0 Å². The molecule has 0 saturated carbocycles. The van der Waals surface area contributed by atoms with Crippen LogP contribution in [0.3, 0.4) is 0 Å². The van der Waals surface area contributed by atoms with Gasteiger partial charge in [-0.05, 0) is 24.6 Å². The van der Waals surface area contributed by atoms with Crippen molar-refractivity contribution < 1.29 is 23.7 Å². The second-order valence-electron chi connectivity index (χ2n) is 5.52. The van der Waals surface area contributed by atoms with Crippen LogP contribution in [0.1, 0.15) is 11.1 Å². The molecule has 26 heavy (non-hydrogen) atoms. The monoisotopic (exact) mass is 379 g/mol. The molecule has 6 nitrogen and oxygen atoms in total. The second kappa shape index (κ2) is 8.67. The molecule has 0 bridgehead atoms. The molecule has 0 saturated heterocycles. The normalized spacial score (nSPS) is 10.2. The fourth-order valence-electron chi connectivity index (χ4n) is 2.60. The van der Waals surface area contributed by atoms with Crippen molar-refractivity contribution >= 4 is 23.2 Å². The number of rotatable bonds is 7. The largest absolute Gasteiger partial charge is 0.495 e. The Morgan fingerprint density at radius 1 is 0.962 bits per heavy atom. The molecule has 0 heterocycles. The number of halogens is 1. The molecule has 2 aromatic carbocycles. The molecule has 2 rings (SSSR count). The smallest absolute Gasteiger partial charge is 0.229 e. The van der Waals surface area contributed by atoms with E-state index in [0.717, 1.165) is 5.56 Å². The van der Waals surface area contributed by atoms with Crippen molar-refractivity contribution in [1.82, 2.24) is 0 Å². The molecule has 2 aromatic rings. The first-order chi connectivity index (χ1) is 12.4. The van der Waals surface area contributed by atoms with E-state index in [0.29, 0.717) is 39.3 Å². The quantitative estimate of drug-likeness (QED) is 0.791. The zero-order chi connectivity index (χ0) is 19.3. The van der Waals surface area contributed by atoms with Gasteiger partial charge in [-0.3, -0.25) is 4.79 Å². The van der Waals surface area contributed by atoms with E-state index in [9.17, 15) is 4.79 Å². The molecule has 0 fully saturated rings. The maximum atomic E-state index is 12.5. The average Bonchev–Trinajstić information content (AvgIpc) is 2.63. The van der Waals surface area contributed by atoms with E-state index in [1.54, 1.807) is 31.4 Å². The predicted octanol–water partition coefficient (Wildman–Crippen LogP) is 3.86. The van der Waals surface area contributed by atoms with Gasteiger partial charge >= 0.3 is 0 Å². The number of amides is 1. The Kier molecular flexibility index (Phi) is 6.58. The molecule has 0 spiro atoms. The van der Waals surface area contributed by atoms with E-state index in [1.807, 2.05) is 6.92 Å². The van der Waals surface area contributed by atoms with Gasteiger partial charge in [-0.15, -0.1) is 0 Å². The number of carbonyl (C=O) groups is 1. The van der Waals surface area contributed by atoms with Gasteiger partial charge in [0.05, 0.1) is 40.5 Å². The van der Waals surface area contributed by atoms with Crippen LogP contribution in [0, 0.1) is 6.92 Å². The van der Waals surface area contributed by atoms with Gasteiger partial charge in [0.1, 0.15) is 5.75 Å². The number of ether oxygens (including phenoxy) is 4. The topological polar surface area (TPSA) is 66.0 Å². The second-order valence-corrected chi connectivity index (χ2v) is 5.93. The van der Waals surface area contributed by atoms with E-state index in [-0.39, 0.29) is 12.3 Å². The lowest BCUT2D eigenvalue weighted by atomic mass is 10.1. The molecule has 140 valence electrons. The maximum Gasteiger partial charge on any atom is 0.229 e. The fraction of sp³-hybridized carbons (Fsp3) is 0.316. The number of nitrogens with one attached hydrogen (secondary N) is 1. The molecule has 0 radical (unpaired) electrons. The van der Waals surface area contributed by atoms with Gasteiger partial charge in [0.25, 0.3) is 0 Å². The summed E-state index contributed by atoms with van der Waals surface area (Å²) in [7, 11) is 6.10. The Morgan fingerprint density at radius 3 is 2.19 bits per heavy atom. The SMILES string of the molecule is COc1cc(Cl)c(C)cc1NC(=O)Cc1ccc(OC)c(OC)c1OC. The number of benzene rings is 2. The van der Waals surface area contributed by atoms with Gasteiger partial charge in [-0.2, -0.15) is 0 Å². The summed E-state index contributed by atoms with van der Waals surface area (Å²) < 4.78 is 21.3. The Hall–Kier alpha value is -2.60. The van der Waals surface area contributed by atoms with Gasteiger partial charge in [0.15, 0.2) is 11.5 Å². The molecule has 7 heteroatoms. The van der Waals surface area contributed by atoms with Crippen LogP contribution in [0.25, 0.3) is 0 Å². The van der Waals surface area contributed by atoms with Crippen molar-refractivity contribution in [3.8, 4) is 23.0 Å². The first kappa shape index (κ1) is 19.7. The Labute approximate surface area is 158 Å². The third-order valence-electron chi connectivity index (χ3n) is 3.89. The highest BCUT2D eigenvalue weighted by molar-refractivity contribution is 6.31. The first-order valence-corrected chi connectivity index (χ1v) is 8.24. The van der Waals surface area contributed by atoms with Crippen LogP contribution in [0.4, 0.5) is 5.69 Å². The molecule has 1 N–H and O–H groups in total. The maximum absolute atomic E-state index is 12.5. The van der Waals surface area contributed by atoms with Crippen LogP contribution in [0.15, 0.2) is 24.3 Å². The summed E-state index contributed by atoms with van der Waals surface area (Å²) in [6.07, 6.45) is 0.0916. The van der Waals surface area contributed by atoms with Crippen LogP contribution >= 0.6 is 11.6 Å². The molecular formula is C19H22ClNO5. The summed E-state index contributed by atoms with van der Waals surface area (Å²) in [5, 5.41) is 3.42. The number of aryl methyl sites for hydroxylation is 1. The third kappa shape index (κ3) is 4.14. The highest BCUT2D eigenvalue weighted by Gasteiger charge is 2.18. The van der Waals surface area contributed by atoms with Crippen molar-refractivity contribution in [2.45, 2.75) is 13.3 Å². The van der Waals surface area contributed by atoms with Crippen LogP contribution in [-0.2, 0) is 11.2 Å². The van der Waals surface area contributed by atoms with Crippen molar-refractivity contribution in [3.05, 3.63) is 40.4 Å². The molecule has 0 aromatic heterocycles. The summed E-state index contributed by atoms with van der Waals surface area (Å²) in [4.78, 5) is 12.5. The molecule has 0 aliphatic heterocycles. The predicted molar refractivity (Wildman–Crippen MR) is 101 cm³/mol. The summed E-state index contributed by atoms with van der Waals surface area (Å²) in [6.45, 7) is 1.86. The Balaban J connectivity index is 2.27. The van der Waals surface area contributed by atoms with Crippen LogP contribution < -0.4 is 24.3 Å². The number of hydrogen-bond donors (Lipinski definition) is 1. The fourth-order valence-corrected chi connectivity index (χ4v) is 2.75. The van der Waals surface area contributed by atoms with E-state index < -0.39 is 0 Å². The van der Waals surface area contributed by atoms with E-state index in [1.165, 1.54) is 21.3 Å². The van der Waals surface area contributed by atoms with Crippen molar-refractivity contribution in [2.75, 3.05) is 33.8 Å². The van der Waals surface area contributed by atoms with Crippen molar-refractivity contribution in [2.24, 2.45) is 0 Å². The van der Waals surface area contributed by atoms with Crippen LogP contribution in [0.2, 0.25) is 5.02 Å². The van der Waals surface area contributed by atoms with E-state index in [4.69, 9.17) is 30.5 Å². The number of anilines is 1. The van der Waals surface area contributed by atoms with Gasteiger partial charge in [-0.1, -0.05) is 17.7 Å². The molecular weight excluding hydrogens is 358 g/mol. The minimum absolute atomic E-state index is 0.0916. The van der Waals surface area contributed by atoms with Gasteiger partial charge in [0, 0.05) is 16.7 Å².